The first kappa shape index (κ1) is 16.9. The lowest BCUT2D eigenvalue weighted by Crippen LogP contribution is -2.31. The van der Waals surface area contributed by atoms with Gasteiger partial charge in [0.15, 0.2) is 0 Å². The predicted molar refractivity (Wildman–Crippen MR) is 88.2 cm³/mol. The summed E-state index contributed by atoms with van der Waals surface area (Å²) >= 11 is 17.5. The van der Waals surface area contributed by atoms with E-state index in [1.54, 1.807) is 37.4 Å². The molecule has 0 saturated carbocycles. The molecule has 0 aliphatic carbocycles. The van der Waals surface area contributed by atoms with Crippen molar-refractivity contribution < 1.29 is 9.53 Å². The van der Waals surface area contributed by atoms with E-state index in [1.165, 1.54) is 11.0 Å². The second-order valence-electron chi connectivity index (χ2n) is 4.50. The van der Waals surface area contributed by atoms with Crippen LogP contribution in [0.2, 0.25) is 15.3 Å². The number of rotatable bonds is 5. The summed E-state index contributed by atoms with van der Waals surface area (Å²) in [5.41, 5.74) is 0.302. The molecule has 2 rings (SSSR count). The monoisotopic (exact) mass is 358 g/mol. The summed E-state index contributed by atoms with van der Waals surface area (Å²) in [6.07, 6.45) is 0. The van der Waals surface area contributed by atoms with Crippen LogP contribution in [-0.4, -0.2) is 36.0 Å². The van der Waals surface area contributed by atoms with E-state index >= 15 is 0 Å². The molecule has 0 saturated heterocycles. The lowest BCUT2D eigenvalue weighted by Gasteiger charge is -2.18. The van der Waals surface area contributed by atoms with E-state index in [-0.39, 0.29) is 16.2 Å². The van der Waals surface area contributed by atoms with Gasteiger partial charge in [0, 0.05) is 12.1 Å². The van der Waals surface area contributed by atoms with Gasteiger partial charge in [0.2, 0.25) is 0 Å². The number of hydrogen-bond donors (Lipinski definition) is 0. The topological polar surface area (TPSA) is 42.4 Å². The number of nitrogens with zero attached hydrogens (tertiary/aromatic N) is 2. The number of carbonyl (C=O) groups excluding carboxylic acids is 1. The van der Waals surface area contributed by atoms with Gasteiger partial charge in [-0.3, -0.25) is 4.79 Å². The second-order valence-corrected chi connectivity index (χ2v) is 5.69. The maximum Gasteiger partial charge on any atom is 0.256 e. The predicted octanol–water partition coefficient (Wildman–Crippen LogP) is 4.19. The Morgan fingerprint density at radius 2 is 2.00 bits per heavy atom. The number of hydrogen-bond acceptors (Lipinski definition) is 3. The average molecular weight is 360 g/mol. The standard InChI is InChI=1S/C15H13Cl3N2O2/c1-20(7-8-22-11-4-2-3-10(16)9-11)15(21)12-5-6-13(17)19-14(12)18/h2-6,9H,7-8H2,1H3. The molecule has 0 atom stereocenters. The van der Waals surface area contributed by atoms with Crippen molar-refractivity contribution in [2.24, 2.45) is 0 Å². The molecule has 0 aliphatic heterocycles. The van der Waals surface area contributed by atoms with Gasteiger partial charge in [-0.05, 0) is 30.3 Å². The van der Waals surface area contributed by atoms with Crippen LogP contribution in [0.4, 0.5) is 0 Å². The first-order valence-corrected chi connectivity index (χ1v) is 7.56. The maximum absolute atomic E-state index is 12.3. The molecule has 1 heterocycles. The van der Waals surface area contributed by atoms with Gasteiger partial charge in [0.25, 0.3) is 5.91 Å². The number of ether oxygens (including phenoxy) is 1. The van der Waals surface area contributed by atoms with Crippen molar-refractivity contribution in [3.63, 3.8) is 0 Å². The van der Waals surface area contributed by atoms with Gasteiger partial charge in [-0.2, -0.15) is 0 Å². The van der Waals surface area contributed by atoms with Crippen molar-refractivity contribution in [2.45, 2.75) is 0 Å². The van der Waals surface area contributed by atoms with Crippen LogP contribution in [0.25, 0.3) is 0 Å². The van der Waals surface area contributed by atoms with E-state index in [9.17, 15) is 4.79 Å². The van der Waals surface area contributed by atoms with Gasteiger partial charge in [-0.25, -0.2) is 4.98 Å². The smallest absolute Gasteiger partial charge is 0.256 e. The molecular weight excluding hydrogens is 347 g/mol. The normalized spacial score (nSPS) is 10.4. The Morgan fingerprint density at radius 3 is 2.68 bits per heavy atom. The zero-order valence-corrected chi connectivity index (χ0v) is 14.0. The van der Waals surface area contributed by atoms with Gasteiger partial charge in [0.05, 0.1) is 12.1 Å². The minimum absolute atomic E-state index is 0.0834. The highest BCUT2D eigenvalue weighted by Gasteiger charge is 2.16. The fourth-order valence-electron chi connectivity index (χ4n) is 1.74. The van der Waals surface area contributed by atoms with Crippen LogP contribution in [0.3, 0.4) is 0 Å². The largest absolute Gasteiger partial charge is 0.492 e. The Kier molecular flexibility index (Phi) is 5.89. The summed E-state index contributed by atoms with van der Waals surface area (Å²) < 4.78 is 5.54. The molecule has 4 nitrogen and oxygen atoms in total. The maximum atomic E-state index is 12.3. The first-order chi connectivity index (χ1) is 10.5. The van der Waals surface area contributed by atoms with Gasteiger partial charge in [0.1, 0.15) is 22.7 Å². The Bertz CT molecular complexity index is 680. The van der Waals surface area contributed by atoms with Crippen molar-refractivity contribution in [3.8, 4) is 5.75 Å². The summed E-state index contributed by atoms with van der Waals surface area (Å²) in [6, 6.07) is 10.1. The molecule has 1 aromatic carbocycles. The van der Waals surface area contributed by atoms with E-state index < -0.39 is 0 Å². The van der Waals surface area contributed by atoms with Crippen molar-refractivity contribution in [3.05, 3.63) is 57.3 Å². The summed E-state index contributed by atoms with van der Waals surface area (Å²) in [7, 11) is 1.66. The van der Waals surface area contributed by atoms with E-state index in [0.717, 1.165) is 0 Å². The van der Waals surface area contributed by atoms with Crippen molar-refractivity contribution in [1.82, 2.24) is 9.88 Å². The molecule has 0 spiro atoms. The van der Waals surface area contributed by atoms with Crippen LogP contribution in [0, 0.1) is 0 Å². The highest BCUT2D eigenvalue weighted by atomic mass is 35.5. The third-order valence-electron chi connectivity index (χ3n) is 2.88. The lowest BCUT2D eigenvalue weighted by molar-refractivity contribution is 0.0773. The van der Waals surface area contributed by atoms with Crippen LogP contribution in [0.5, 0.6) is 5.75 Å². The van der Waals surface area contributed by atoms with Gasteiger partial charge in [-0.15, -0.1) is 0 Å². The summed E-state index contributed by atoms with van der Waals surface area (Å²) in [5.74, 6) is 0.406. The fourth-order valence-corrected chi connectivity index (χ4v) is 2.34. The molecule has 2 aromatic rings. The number of benzene rings is 1. The zero-order valence-electron chi connectivity index (χ0n) is 11.7. The van der Waals surface area contributed by atoms with Crippen LogP contribution < -0.4 is 4.74 Å². The Labute approximate surface area is 143 Å². The molecule has 7 heteroatoms. The van der Waals surface area contributed by atoms with Crippen LogP contribution in [0.1, 0.15) is 10.4 Å². The molecule has 0 N–H and O–H groups in total. The number of halogens is 3. The Hall–Kier alpha value is -1.49. The number of amides is 1. The van der Waals surface area contributed by atoms with Crippen molar-refractivity contribution in [1.29, 1.82) is 0 Å². The molecule has 0 unspecified atom stereocenters. The molecule has 0 bridgehead atoms. The number of aromatic nitrogens is 1. The van der Waals surface area contributed by atoms with E-state index in [4.69, 9.17) is 39.5 Å². The van der Waals surface area contributed by atoms with Gasteiger partial charge < -0.3 is 9.64 Å². The Balaban J connectivity index is 1.91. The zero-order chi connectivity index (χ0) is 16.1. The molecule has 0 aliphatic rings. The fraction of sp³-hybridized carbons (Fsp3) is 0.200. The summed E-state index contributed by atoms with van der Waals surface area (Å²) in [6.45, 7) is 0.728. The molecule has 0 fully saturated rings. The molecule has 1 amide bonds. The van der Waals surface area contributed by atoms with E-state index in [0.29, 0.717) is 29.5 Å². The third kappa shape index (κ3) is 4.50. The molecular formula is C15H13Cl3N2O2. The Morgan fingerprint density at radius 1 is 1.23 bits per heavy atom. The van der Waals surface area contributed by atoms with Gasteiger partial charge >= 0.3 is 0 Å². The van der Waals surface area contributed by atoms with E-state index in [2.05, 4.69) is 4.98 Å². The van der Waals surface area contributed by atoms with Crippen LogP contribution >= 0.6 is 34.8 Å². The molecule has 0 radical (unpaired) electrons. The number of pyridine rings is 1. The first-order valence-electron chi connectivity index (χ1n) is 6.43. The van der Waals surface area contributed by atoms with Crippen LogP contribution in [0.15, 0.2) is 36.4 Å². The highest BCUT2D eigenvalue weighted by Crippen LogP contribution is 2.19. The highest BCUT2D eigenvalue weighted by molar-refractivity contribution is 6.34. The second kappa shape index (κ2) is 7.68. The average Bonchev–Trinajstić information content (AvgIpc) is 2.46. The van der Waals surface area contributed by atoms with Crippen molar-refractivity contribution in [2.75, 3.05) is 20.2 Å². The van der Waals surface area contributed by atoms with Crippen LogP contribution in [-0.2, 0) is 0 Å². The molecule has 22 heavy (non-hydrogen) atoms. The van der Waals surface area contributed by atoms with Crippen molar-refractivity contribution >= 4 is 40.7 Å². The van der Waals surface area contributed by atoms with Gasteiger partial charge in [-0.1, -0.05) is 40.9 Å². The minimum atomic E-state index is -0.246. The quantitative estimate of drug-likeness (QED) is 0.752. The summed E-state index contributed by atoms with van der Waals surface area (Å²) in [5, 5.41) is 0.926. The molecule has 116 valence electrons. The lowest BCUT2D eigenvalue weighted by atomic mass is 10.2. The number of likely N-dealkylation sites (N-methyl/N-ethyl adjacent to an activating group) is 1. The SMILES string of the molecule is CN(CCOc1cccc(Cl)c1)C(=O)c1ccc(Cl)nc1Cl. The third-order valence-corrected chi connectivity index (χ3v) is 3.62. The van der Waals surface area contributed by atoms with E-state index in [1.807, 2.05) is 0 Å². The minimum Gasteiger partial charge on any atom is -0.492 e. The summed E-state index contributed by atoms with van der Waals surface area (Å²) in [4.78, 5) is 17.6. The molecule has 1 aromatic heterocycles. The number of carbonyl (C=O) groups is 1.